The van der Waals surface area contributed by atoms with E-state index in [1.54, 1.807) is 27.9 Å². The van der Waals surface area contributed by atoms with Crippen molar-refractivity contribution in [2.75, 3.05) is 13.7 Å². The number of methoxy groups -OCH3 is 1. The maximum Gasteiger partial charge on any atom is 0.407 e. The fourth-order valence-corrected chi connectivity index (χ4v) is 2.50. The zero-order valence-corrected chi connectivity index (χ0v) is 16.3. The van der Waals surface area contributed by atoms with Gasteiger partial charge in [-0.2, -0.15) is 0 Å². The maximum absolute atomic E-state index is 12.0. The minimum absolute atomic E-state index is 0.148. The number of nitrogens with one attached hydrogen (secondary N) is 2. The molecule has 2 amide bonds. The fourth-order valence-electron chi connectivity index (χ4n) is 1.94. The van der Waals surface area contributed by atoms with Crippen LogP contribution >= 0.6 is 15.9 Å². The Morgan fingerprint density at radius 1 is 1.29 bits per heavy atom. The van der Waals surface area contributed by atoms with Crippen molar-refractivity contribution in [3.63, 3.8) is 0 Å². The summed E-state index contributed by atoms with van der Waals surface area (Å²) in [5, 5.41) is 5.45. The molecule has 0 unspecified atom stereocenters. The molecule has 0 heterocycles. The Bertz CT molecular complexity index is 584. The third kappa shape index (κ3) is 7.21. The lowest BCUT2D eigenvalue weighted by Crippen LogP contribution is -2.35. The molecule has 1 aromatic carbocycles. The minimum Gasteiger partial charge on any atom is -0.496 e. The van der Waals surface area contributed by atoms with Crippen LogP contribution in [0.3, 0.4) is 0 Å². The van der Waals surface area contributed by atoms with Crippen molar-refractivity contribution in [3.8, 4) is 5.75 Å². The molecule has 24 heavy (non-hydrogen) atoms. The highest BCUT2D eigenvalue weighted by molar-refractivity contribution is 9.10. The number of carbonyl (C=O) groups is 2. The van der Waals surface area contributed by atoms with Crippen LogP contribution in [0.15, 0.2) is 22.7 Å². The van der Waals surface area contributed by atoms with Gasteiger partial charge in [-0.3, -0.25) is 4.79 Å². The Labute approximate surface area is 151 Å². The van der Waals surface area contributed by atoms with Gasteiger partial charge in [-0.05, 0) is 61.3 Å². The number of carbonyl (C=O) groups excluding carboxylic acids is 2. The average Bonchev–Trinajstić information content (AvgIpc) is 2.45. The van der Waals surface area contributed by atoms with Crippen LogP contribution < -0.4 is 15.4 Å². The smallest absolute Gasteiger partial charge is 0.407 e. The number of rotatable bonds is 6. The third-order valence-corrected chi connectivity index (χ3v) is 3.69. The van der Waals surface area contributed by atoms with E-state index in [1.165, 1.54) is 0 Å². The second-order valence-corrected chi connectivity index (χ2v) is 7.22. The van der Waals surface area contributed by atoms with Crippen LogP contribution in [0.4, 0.5) is 4.79 Å². The molecule has 1 rings (SSSR count). The molecule has 7 heteroatoms. The van der Waals surface area contributed by atoms with Gasteiger partial charge < -0.3 is 20.1 Å². The Hall–Kier alpha value is -1.76. The van der Waals surface area contributed by atoms with E-state index in [2.05, 4.69) is 26.6 Å². The van der Waals surface area contributed by atoms with Crippen molar-refractivity contribution in [3.05, 3.63) is 28.2 Å². The van der Waals surface area contributed by atoms with Gasteiger partial charge in [-0.25, -0.2) is 4.79 Å². The molecule has 1 atom stereocenters. The van der Waals surface area contributed by atoms with Gasteiger partial charge >= 0.3 is 6.09 Å². The van der Waals surface area contributed by atoms with E-state index in [1.807, 2.05) is 25.1 Å². The normalized spacial score (nSPS) is 12.2. The quantitative estimate of drug-likeness (QED) is 0.765. The molecule has 0 radical (unpaired) electrons. The van der Waals surface area contributed by atoms with E-state index in [-0.39, 0.29) is 24.9 Å². The van der Waals surface area contributed by atoms with Gasteiger partial charge in [0, 0.05) is 13.0 Å². The van der Waals surface area contributed by atoms with Crippen molar-refractivity contribution < 1.29 is 19.1 Å². The highest BCUT2D eigenvalue weighted by Crippen LogP contribution is 2.27. The number of halogens is 1. The predicted molar refractivity (Wildman–Crippen MR) is 96.1 cm³/mol. The Kier molecular flexibility index (Phi) is 7.54. The standard InChI is InChI=1S/C17H25BrN2O4/c1-11(12-6-7-14(23-5)13(18)10-12)20-15(21)8-9-19-16(22)24-17(2,3)4/h6-7,10-11H,8-9H2,1-5H3,(H,19,22)(H,20,21)/t11-/m1/s1. The van der Waals surface area contributed by atoms with E-state index >= 15 is 0 Å². The fraction of sp³-hybridized carbons (Fsp3) is 0.529. The topological polar surface area (TPSA) is 76.7 Å². The molecule has 0 fully saturated rings. The summed E-state index contributed by atoms with van der Waals surface area (Å²) in [7, 11) is 1.60. The van der Waals surface area contributed by atoms with E-state index in [9.17, 15) is 9.59 Å². The Morgan fingerprint density at radius 2 is 1.96 bits per heavy atom. The van der Waals surface area contributed by atoms with Gasteiger partial charge in [0.2, 0.25) is 5.91 Å². The first-order valence-electron chi connectivity index (χ1n) is 7.72. The molecule has 0 aliphatic rings. The summed E-state index contributed by atoms with van der Waals surface area (Å²) in [6.07, 6.45) is -0.344. The number of ether oxygens (including phenoxy) is 2. The van der Waals surface area contributed by atoms with Crippen LogP contribution in [0.5, 0.6) is 5.75 Å². The van der Waals surface area contributed by atoms with Crippen molar-refractivity contribution in [2.45, 2.75) is 45.8 Å². The molecule has 0 aliphatic carbocycles. The van der Waals surface area contributed by atoms with Crippen LogP contribution in [0.2, 0.25) is 0 Å². The molecule has 134 valence electrons. The summed E-state index contributed by atoms with van der Waals surface area (Å²) in [5.74, 6) is 0.587. The minimum atomic E-state index is -0.553. The lowest BCUT2D eigenvalue weighted by Gasteiger charge is -2.20. The number of hydrogen-bond acceptors (Lipinski definition) is 4. The Morgan fingerprint density at radius 3 is 2.50 bits per heavy atom. The van der Waals surface area contributed by atoms with Crippen LogP contribution in [-0.2, 0) is 9.53 Å². The number of benzene rings is 1. The molecule has 6 nitrogen and oxygen atoms in total. The van der Waals surface area contributed by atoms with Gasteiger partial charge in [0.25, 0.3) is 0 Å². The van der Waals surface area contributed by atoms with E-state index < -0.39 is 11.7 Å². The molecular formula is C17H25BrN2O4. The third-order valence-electron chi connectivity index (χ3n) is 3.07. The predicted octanol–water partition coefficient (Wildman–Crippen LogP) is 3.55. The summed E-state index contributed by atoms with van der Waals surface area (Å²) >= 11 is 3.42. The van der Waals surface area contributed by atoms with Crippen LogP contribution in [-0.4, -0.2) is 31.3 Å². The zero-order valence-electron chi connectivity index (χ0n) is 14.7. The van der Waals surface area contributed by atoms with Gasteiger partial charge in [0.15, 0.2) is 0 Å². The highest BCUT2D eigenvalue weighted by atomic mass is 79.9. The van der Waals surface area contributed by atoms with Crippen molar-refractivity contribution in [1.29, 1.82) is 0 Å². The van der Waals surface area contributed by atoms with Crippen molar-refractivity contribution >= 4 is 27.9 Å². The Balaban J connectivity index is 2.42. The molecule has 0 saturated heterocycles. The van der Waals surface area contributed by atoms with E-state index in [4.69, 9.17) is 9.47 Å². The van der Waals surface area contributed by atoms with Gasteiger partial charge in [-0.15, -0.1) is 0 Å². The molecule has 0 spiro atoms. The first kappa shape index (κ1) is 20.3. The maximum atomic E-state index is 12.0. The summed E-state index contributed by atoms with van der Waals surface area (Å²) in [6.45, 7) is 7.48. The zero-order chi connectivity index (χ0) is 18.3. The van der Waals surface area contributed by atoms with Gasteiger partial charge in [-0.1, -0.05) is 6.07 Å². The van der Waals surface area contributed by atoms with Crippen molar-refractivity contribution in [2.24, 2.45) is 0 Å². The molecule has 0 bridgehead atoms. The number of hydrogen-bond donors (Lipinski definition) is 2. The lowest BCUT2D eigenvalue weighted by molar-refractivity contribution is -0.121. The summed E-state index contributed by atoms with van der Waals surface area (Å²) < 4.78 is 11.1. The lowest BCUT2D eigenvalue weighted by atomic mass is 10.1. The average molecular weight is 401 g/mol. The SMILES string of the molecule is COc1ccc([C@@H](C)NC(=O)CCNC(=O)OC(C)(C)C)cc1Br. The van der Waals surface area contributed by atoms with E-state index in [0.29, 0.717) is 0 Å². The summed E-state index contributed by atoms with van der Waals surface area (Å²) in [5.41, 5.74) is 0.402. The molecule has 0 aliphatic heterocycles. The van der Waals surface area contributed by atoms with Gasteiger partial charge in [0.1, 0.15) is 11.4 Å². The summed E-state index contributed by atoms with van der Waals surface area (Å²) in [6, 6.07) is 5.49. The van der Waals surface area contributed by atoms with Crippen molar-refractivity contribution in [1.82, 2.24) is 10.6 Å². The molecule has 1 aromatic rings. The second-order valence-electron chi connectivity index (χ2n) is 6.36. The second kappa shape index (κ2) is 8.92. The number of alkyl carbamates (subject to hydrolysis) is 1. The van der Waals surface area contributed by atoms with E-state index in [0.717, 1.165) is 15.8 Å². The first-order chi connectivity index (χ1) is 11.1. The molecule has 2 N–H and O–H groups in total. The van der Waals surface area contributed by atoms with Crippen LogP contribution in [0.1, 0.15) is 45.7 Å². The van der Waals surface area contributed by atoms with Crippen LogP contribution in [0.25, 0.3) is 0 Å². The molecular weight excluding hydrogens is 376 g/mol. The van der Waals surface area contributed by atoms with Gasteiger partial charge in [0.05, 0.1) is 17.6 Å². The first-order valence-corrected chi connectivity index (χ1v) is 8.51. The molecule has 0 saturated carbocycles. The monoisotopic (exact) mass is 400 g/mol. The van der Waals surface area contributed by atoms with Crippen LogP contribution in [0, 0.1) is 0 Å². The largest absolute Gasteiger partial charge is 0.496 e. The molecule has 0 aromatic heterocycles. The highest BCUT2D eigenvalue weighted by Gasteiger charge is 2.16. The summed E-state index contributed by atoms with van der Waals surface area (Å²) in [4.78, 5) is 23.5. The number of amides is 2.